The Labute approximate surface area is 217 Å². The van der Waals surface area contributed by atoms with Crippen LogP contribution >= 0.6 is 0 Å². The summed E-state index contributed by atoms with van der Waals surface area (Å²) in [5.74, 6) is -2.48. The molecule has 2 aliphatic heterocycles. The van der Waals surface area contributed by atoms with Crippen LogP contribution in [-0.2, 0) is 34.0 Å². The molecule has 12 heteroatoms. The highest BCUT2D eigenvalue weighted by Crippen LogP contribution is 2.35. The maximum atomic E-state index is 13.5. The lowest BCUT2D eigenvalue weighted by Gasteiger charge is -2.29. The summed E-state index contributed by atoms with van der Waals surface area (Å²) in [5.41, 5.74) is 5.34. The van der Waals surface area contributed by atoms with Crippen LogP contribution in [0.5, 0.6) is 0 Å². The van der Waals surface area contributed by atoms with Crippen LogP contribution in [0.25, 0.3) is 11.3 Å². The van der Waals surface area contributed by atoms with Crippen LogP contribution in [0, 0.1) is 5.92 Å². The summed E-state index contributed by atoms with van der Waals surface area (Å²) in [5, 5.41) is 12.1. The van der Waals surface area contributed by atoms with Crippen molar-refractivity contribution in [1.29, 1.82) is 0 Å². The topological polar surface area (TPSA) is 102 Å². The summed E-state index contributed by atoms with van der Waals surface area (Å²) >= 11 is 0. The highest BCUT2D eigenvalue weighted by Gasteiger charge is 2.38. The number of hydrogen-bond donors (Lipinski definition) is 1. The van der Waals surface area contributed by atoms with Gasteiger partial charge in [-0.15, -0.1) is 0 Å². The van der Waals surface area contributed by atoms with E-state index in [2.05, 4.69) is 41.9 Å². The Kier molecular flexibility index (Phi) is 8.20. The SMILES string of the molecule is CC(C)n1ccc2c1CN(C(=O)C1CCOCC1)Cc1cn(Cc3ccccn3)nc1-2.O=C(O)C(F)(F)F. The van der Waals surface area contributed by atoms with Gasteiger partial charge in [0.15, 0.2) is 0 Å². The smallest absolute Gasteiger partial charge is 0.475 e. The summed E-state index contributed by atoms with van der Waals surface area (Å²) in [6, 6.07) is 8.39. The molecule has 0 aliphatic carbocycles. The van der Waals surface area contributed by atoms with Crippen LogP contribution in [0.3, 0.4) is 0 Å². The van der Waals surface area contributed by atoms with E-state index in [1.165, 1.54) is 0 Å². The number of fused-ring (bicyclic) bond motifs is 3. The van der Waals surface area contributed by atoms with Gasteiger partial charge < -0.3 is 19.3 Å². The second-order valence-corrected chi connectivity index (χ2v) is 9.58. The van der Waals surface area contributed by atoms with Crippen molar-refractivity contribution in [3.8, 4) is 11.3 Å². The minimum absolute atomic E-state index is 0.0461. The van der Waals surface area contributed by atoms with Crippen molar-refractivity contribution in [1.82, 2.24) is 24.2 Å². The Morgan fingerprint density at radius 2 is 1.87 bits per heavy atom. The molecule has 1 saturated heterocycles. The lowest BCUT2D eigenvalue weighted by molar-refractivity contribution is -0.192. The number of rotatable bonds is 4. The molecule has 3 aromatic heterocycles. The van der Waals surface area contributed by atoms with Crippen LogP contribution < -0.4 is 0 Å². The van der Waals surface area contributed by atoms with Crippen LogP contribution in [0.4, 0.5) is 13.2 Å². The zero-order valence-corrected chi connectivity index (χ0v) is 21.2. The van der Waals surface area contributed by atoms with Gasteiger partial charge in [0.05, 0.1) is 24.5 Å². The van der Waals surface area contributed by atoms with Gasteiger partial charge in [-0.3, -0.25) is 14.5 Å². The highest BCUT2D eigenvalue weighted by molar-refractivity contribution is 5.80. The molecule has 9 nitrogen and oxygen atoms in total. The molecule has 2 aliphatic rings. The van der Waals surface area contributed by atoms with Crippen molar-refractivity contribution >= 4 is 11.9 Å². The standard InChI is InChI=1S/C24H29N5O2.C2HF3O2/c1-17(2)29-10-6-21-22(29)16-27(24(30)18-7-11-31-12-8-18)13-19-14-28(26-23(19)21)15-20-5-3-4-9-25-20;3-2(4,5)1(6)7/h3-6,9-10,14,17-18H,7-8,11-13,15-16H2,1-2H3;(H,6,7). The summed E-state index contributed by atoms with van der Waals surface area (Å²) in [7, 11) is 0. The molecule has 1 fully saturated rings. The number of carboxylic acid groups (broad SMARTS) is 1. The molecule has 0 atom stereocenters. The largest absolute Gasteiger partial charge is 0.490 e. The number of amides is 1. The predicted molar refractivity (Wildman–Crippen MR) is 131 cm³/mol. The van der Waals surface area contributed by atoms with Gasteiger partial charge >= 0.3 is 12.1 Å². The Morgan fingerprint density at radius 1 is 1.16 bits per heavy atom. The van der Waals surface area contributed by atoms with Gasteiger partial charge in [0.25, 0.3) is 0 Å². The van der Waals surface area contributed by atoms with Crippen molar-refractivity contribution in [3.63, 3.8) is 0 Å². The average molecular weight is 534 g/mol. The third kappa shape index (κ3) is 6.24. The van der Waals surface area contributed by atoms with Gasteiger partial charge in [0.2, 0.25) is 5.91 Å². The molecule has 1 amide bonds. The first-order valence-electron chi connectivity index (χ1n) is 12.4. The monoisotopic (exact) mass is 533 g/mol. The van der Waals surface area contributed by atoms with Crippen molar-refractivity contribution < 1.29 is 32.6 Å². The Bertz CT molecular complexity index is 1260. The van der Waals surface area contributed by atoms with Gasteiger partial charge in [-0.05, 0) is 44.9 Å². The number of carbonyl (C=O) groups excluding carboxylic acids is 1. The van der Waals surface area contributed by atoms with Crippen LogP contribution in [0.1, 0.15) is 49.7 Å². The zero-order chi connectivity index (χ0) is 27.4. The third-order valence-corrected chi connectivity index (χ3v) is 6.55. The molecule has 5 rings (SSSR count). The molecule has 0 aromatic carbocycles. The number of ether oxygens (including phenoxy) is 1. The molecule has 3 aromatic rings. The number of carboxylic acids is 1. The molecular weight excluding hydrogens is 503 g/mol. The van der Waals surface area contributed by atoms with E-state index in [4.69, 9.17) is 19.7 Å². The van der Waals surface area contributed by atoms with Crippen LogP contribution in [0.2, 0.25) is 0 Å². The van der Waals surface area contributed by atoms with E-state index in [-0.39, 0.29) is 11.8 Å². The number of aromatic nitrogens is 4. The van der Waals surface area contributed by atoms with Gasteiger partial charge in [0.1, 0.15) is 0 Å². The van der Waals surface area contributed by atoms with Crippen molar-refractivity contribution in [3.05, 3.63) is 59.8 Å². The third-order valence-electron chi connectivity index (χ3n) is 6.55. The number of alkyl halides is 3. The van der Waals surface area contributed by atoms with E-state index >= 15 is 0 Å². The van der Waals surface area contributed by atoms with E-state index in [0.29, 0.717) is 38.9 Å². The molecule has 38 heavy (non-hydrogen) atoms. The quantitative estimate of drug-likeness (QED) is 0.537. The molecular formula is C26H30F3N5O4. The molecule has 0 spiro atoms. The number of pyridine rings is 1. The fourth-order valence-corrected chi connectivity index (χ4v) is 4.69. The molecule has 0 bridgehead atoms. The molecule has 204 valence electrons. The van der Waals surface area contributed by atoms with Gasteiger partial charge in [0, 0.05) is 67.1 Å². The first-order chi connectivity index (χ1) is 18.0. The molecule has 0 unspecified atom stereocenters. The Balaban J connectivity index is 0.000000426. The average Bonchev–Trinajstić information content (AvgIpc) is 3.44. The number of hydrogen-bond acceptors (Lipinski definition) is 5. The maximum absolute atomic E-state index is 13.5. The Morgan fingerprint density at radius 3 is 2.47 bits per heavy atom. The van der Waals surface area contributed by atoms with E-state index < -0.39 is 12.1 Å². The first kappa shape index (κ1) is 27.4. The second-order valence-electron chi connectivity index (χ2n) is 9.58. The summed E-state index contributed by atoms with van der Waals surface area (Å²) in [6.45, 7) is 7.51. The summed E-state index contributed by atoms with van der Waals surface area (Å²) in [6.07, 6.45) is 2.53. The van der Waals surface area contributed by atoms with Crippen molar-refractivity contribution in [2.24, 2.45) is 5.92 Å². The predicted octanol–water partition coefficient (Wildman–Crippen LogP) is 4.28. The number of nitrogens with zero attached hydrogens (tertiary/aromatic N) is 5. The fraction of sp³-hybridized carbons (Fsp3) is 0.462. The number of halogens is 3. The van der Waals surface area contributed by atoms with Crippen LogP contribution in [0.15, 0.2) is 42.9 Å². The minimum Gasteiger partial charge on any atom is -0.475 e. The summed E-state index contributed by atoms with van der Waals surface area (Å²) < 4.78 is 41.4. The highest BCUT2D eigenvalue weighted by atomic mass is 19.4. The van der Waals surface area contributed by atoms with Gasteiger partial charge in [-0.25, -0.2) is 4.79 Å². The van der Waals surface area contributed by atoms with E-state index in [1.54, 1.807) is 6.20 Å². The normalized spacial score (nSPS) is 15.8. The Hall–Kier alpha value is -3.67. The number of aliphatic carboxylic acids is 1. The molecule has 0 saturated carbocycles. The number of carbonyl (C=O) groups is 2. The molecule has 1 N–H and O–H groups in total. The second kappa shape index (κ2) is 11.4. The molecule has 5 heterocycles. The van der Waals surface area contributed by atoms with E-state index in [9.17, 15) is 18.0 Å². The first-order valence-corrected chi connectivity index (χ1v) is 12.4. The summed E-state index contributed by atoms with van der Waals surface area (Å²) in [4.78, 5) is 28.8. The van der Waals surface area contributed by atoms with E-state index in [1.807, 2.05) is 27.8 Å². The van der Waals surface area contributed by atoms with E-state index in [0.717, 1.165) is 41.1 Å². The fourth-order valence-electron chi connectivity index (χ4n) is 4.69. The van der Waals surface area contributed by atoms with Crippen LogP contribution in [-0.4, -0.2) is 60.6 Å². The minimum atomic E-state index is -5.08. The zero-order valence-electron chi connectivity index (χ0n) is 21.2. The van der Waals surface area contributed by atoms with Crippen molar-refractivity contribution in [2.75, 3.05) is 13.2 Å². The van der Waals surface area contributed by atoms with Gasteiger partial charge in [-0.2, -0.15) is 18.3 Å². The lowest BCUT2D eigenvalue weighted by Crippen LogP contribution is -2.37. The lowest BCUT2D eigenvalue weighted by atomic mass is 9.98. The molecule has 0 radical (unpaired) electrons. The van der Waals surface area contributed by atoms with Gasteiger partial charge in [-0.1, -0.05) is 6.07 Å². The maximum Gasteiger partial charge on any atom is 0.490 e. The van der Waals surface area contributed by atoms with Crippen molar-refractivity contribution in [2.45, 2.75) is 58.5 Å².